The summed E-state index contributed by atoms with van der Waals surface area (Å²) in [6.07, 6.45) is 0. The fraction of sp³-hybridized carbons (Fsp3) is 0.600. The first kappa shape index (κ1) is 14.2. The smallest absolute Gasteiger partial charge is 0.127 e. The van der Waals surface area contributed by atoms with Crippen molar-refractivity contribution in [3.63, 3.8) is 0 Å². The molecule has 0 radical (unpaired) electrons. The summed E-state index contributed by atoms with van der Waals surface area (Å²) in [7, 11) is 0. The summed E-state index contributed by atoms with van der Waals surface area (Å²) in [6.45, 7) is 12.9. The summed E-state index contributed by atoms with van der Waals surface area (Å²) in [5, 5.41) is 0. The van der Waals surface area contributed by atoms with Crippen LogP contribution in [0.25, 0.3) is 0 Å². The van der Waals surface area contributed by atoms with E-state index in [4.69, 9.17) is 5.73 Å². The SMILES string of the molecule is CC(C)(C)c1c(F)ccc(CN)c1C(C)(C)C. The van der Waals surface area contributed by atoms with E-state index in [1.54, 1.807) is 0 Å². The Morgan fingerprint density at radius 1 is 0.941 bits per heavy atom. The Morgan fingerprint density at radius 2 is 1.41 bits per heavy atom. The van der Waals surface area contributed by atoms with Gasteiger partial charge in [-0.25, -0.2) is 4.39 Å². The molecule has 1 nitrogen and oxygen atoms in total. The van der Waals surface area contributed by atoms with Crippen molar-refractivity contribution < 1.29 is 4.39 Å². The molecule has 2 N–H and O–H groups in total. The summed E-state index contributed by atoms with van der Waals surface area (Å²) in [6, 6.07) is 3.35. The first-order valence-corrected chi connectivity index (χ1v) is 6.11. The summed E-state index contributed by atoms with van der Waals surface area (Å²) >= 11 is 0. The van der Waals surface area contributed by atoms with E-state index in [9.17, 15) is 4.39 Å². The van der Waals surface area contributed by atoms with E-state index in [0.717, 1.165) is 16.7 Å². The van der Waals surface area contributed by atoms with Gasteiger partial charge in [0, 0.05) is 6.54 Å². The maximum absolute atomic E-state index is 14.2. The maximum atomic E-state index is 14.2. The van der Waals surface area contributed by atoms with E-state index in [0.29, 0.717) is 6.54 Å². The van der Waals surface area contributed by atoms with Crippen molar-refractivity contribution in [2.45, 2.75) is 58.9 Å². The largest absolute Gasteiger partial charge is 0.326 e. The normalized spacial score (nSPS) is 12.9. The second kappa shape index (κ2) is 4.41. The van der Waals surface area contributed by atoms with Crippen LogP contribution in [-0.4, -0.2) is 0 Å². The van der Waals surface area contributed by atoms with E-state index in [1.807, 2.05) is 26.8 Å². The Hall–Kier alpha value is -0.890. The second-order valence-electron chi connectivity index (χ2n) is 6.66. The zero-order valence-corrected chi connectivity index (χ0v) is 11.8. The molecule has 96 valence electrons. The molecule has 2 heteroatoms. The van der Waals surface area contributed by atoms with Crippen molar-refractivity contribution in [3.8, 4) is 0 Å². The molecule has 0 aliphatic heterocycles. The van der Waals surface area contributed by atoms with Crippen LogP contribution in [0.5, 0.6) is 0 Å². The maximum Gasteiger partial charge on any atom is 0.127 e. The lowest BCUT2D eigenvalue weighted by Crippen LogP contribution is -2.26. The summed E-state index contributed by atoms with van der Waals surface area (Å²) in [5.41, 5.74) is 8.39. The zero-order chi connectivity index (χ0) is 13.4. The van der Waals surface area contributed by atoms with Crippen molar-refractivity contribution in [3.05, 3.63) is 34.6 Å². The highest BCUT2D eigenvalue weighted by Crippen LogP contribution is 2.37. The molecule has 0 saturated carbocycles. The van der Waals surface area contributed by atoms with Gasteiger partial charge in [0.2, 0.25) is 0 Å². The lowest BCUT2D eigenvalue weighted by atomic mass is 9.73. The van der Waals surface area contributed by atoms with Crippen molar-refractivity contribution in [1.29, 1.82) is 0 Å². The quantitative estimate of drug-likeness (QED) is 0.788. The molecule has 1 aromatic carbocycles. The van der Waals surface area contributed by atoms with Gasteiger partial charge in [0.05, 0.1) is 0 Å². The second-order valence-corrected chi connectivity index (χ2v) is 6.66. The molecule has 0 spiro atoms. The lowest BCUT2D eigenvalue weighted by Gasteiger charge is -2.32. The molecule has 0 aliphatic carbocycles. The van der Waals surface area contributed by atoms with Gasteiger partial charge >= 0.3 is 0 Å². The van der Waals surface area contributed by atoms with E-state index in [2.05, 4.69) is 20.8 Å². The molecule has 1 rings (SSSR count). The molecule has 0 atom stereocenters. The third kappa shape index (κ3) is 2.86. The van der Waals surface area contributed by atoms with Gasteiger partial charge in [0.1, 0.15) is 5.82 Å². The van der Waals surface area contributed by atoms with Gasteiger partial charge < -0.3 is 5.73 Å². The van der Waals surface area contributed by atoms with E-state index >= 15 is 0 Å². The lowest BCUT2D eigenvalue weighted by molar-refractivity contribution is 0.483. The molecular formula is C15H24FN. The number of hydrogen-bond donors (Lipinski definition) is 1. The Labute approximate surface area is 104 Å². The van der Waals surface area contributed by atoms with Gasteiger partial charge in [0.25, 0.3) is 0 Å². The number of halogens is 1. The molecular weight excluding hydrogens is 213 g/mol. The number of nitrogens with two attached hydrogens (primary N) is 1. The van der Waals surface area contributed by atoms with E-state index in [1.165, 1.54) is 6.07 Å². The third-order valence-electron chi connectivity index (χ3n) is 2.96. The summed E-state index contributed by atoms with van der Waals surface area (Å²) in [5.74, 6) is -0.125. The average molecular weight is 237 g/mol. The predicted molar refractivity (Wildman–Crippen MR) is 71.7 cm³/mol. The Morgan fingerprint density at radius 3 is 1.76 bits per heavy atom. The fourth-order valence-electron chi connectivity index (χ4n) is 2.38. The minimum absolute atomic E-state index is 0.0978. The van der Waals surface area contributed by atoms with Crippen LogP contribution in [0.2, 0.25) is 0 Å². The number of rotatable bonds is 1. The molecule has 0 fully saturated rings. The zero-order valence-electron chi connectivity index (χ0n) is 11.8. The monoisotopic (exact) mass is 237 g/mol. The molecule has 0 aliphatic rings. The van der Waals surface area contributed by atoms with Crippen LogP contribution in [0, 0.1) is 5.82 Å². The Bertz CT molecular complexity index is 408. The van der Waals surface area contributed by atoms with E-state index in [-0.39, 0.29) is 16.6 Å². The molecule has 0 saturated heterocycles. The van der Waals surface area contributed by atoms with Crippen molar-refractivity contribution in [1.82, 2.24) is 0 Å². The van der Waals surface area contributed by atoms with Crippen molar-refractivity contribution >= 4 is 0 Å². The van der Waals surface area contributed by atoms with Crippen LogP contribution >= 0.6 is 0 Å². The number of hydrogen-bond acceptors (Lipinski definition) is 1. The van der Waals surface area contributed by atoms with Crippen LogP contribution in [0.15, 0.2) is 12.1 Å². The highest BCUT2D eigenvalue weighted by Gasteiger charge is 2.30. The topological polar surface area (TPSA) is 26.0 Å². The molecule has 0 aromatic heterocycles. The van der Waals surface area contributed by atoms with Gasteiger partial charge in [-0.15, -0.1) is 0 Å². The molecule has 0 amide bonds. The van der Waals surface area contributed by atoms with Gasteiger partial charge in [0.15, 0.2) is 0 Å². The van der Waals surface area contributed by atoms with Crippen LogP contribution < -0.4 is 5.73 Å². The van der Waals surface area contributed by atoms with Gasteiger partial charge in [-0.2, -0.15) is 0 Å². The van der Waals surface area contributed by atoms with Crippen LogP contribution in [-0.2, 0) is 17.4 Å². The Kier molecular flexibility index (Phi) is 3.68. The average Bonchev–Trinajstić information content (AvgIpc) is 2.13. The first-order valence-electron chi connectivity index (χ1n) is 6.11. The molecule has 17 heavy (non-hydrogen) atoms. The highest BCUT2D eigenvalue weighted by atomic mass is 19.1. The minimum atomic E-state index is -0.210. The van der Waals surface area contributed by atoms with Crippen LogP contribution in [0.1, 0.15) is 58.2 Å². The predicted octanol–water partition coefficient (Wildman–Crippen LogP) is 3.88. The molecule has 0 bridgehead atoms. The van der Waals surface area contributed by atoms with Gasteiger partial charge in [-0.1, -0.05) is 47.6 Å². The minimum Gasteiger partial charge on any atom is -0.326 e. The Balaban J connectivity index is 3.67. The van der Waals surface area contributed by atoms with Crippen molar-refractivity contribution in [2.75, 3.05) is 0 Å². The standard InChI is InChI=1S/C15H24FN/c1-14(2,3)12-10(9-17)7-8-11(16)13(12)15(4,5)6/h7-8H,9,17H2,1-6H3. The fourth-order valence-corrected chi connectivity index (χ4v) is 2.38. The van der Waals surface area contributed by atoms with Gasteiger partial charge in [-0.05, 0) is 33.6 Å². The summed E-state index contributed by atoms with van der Waals surface area (Å²) in [4.78, 5) is 0. The third-order valence-corrected chi connectivity index (χ3v) is 2.96. The molecule has 0 heterocycles. The first-order chi connectivity index (χ1) is 7.59. The highest BCUT2D eigenvalue weighted by molar-refractivity contribution is 5.44. The molecule has 1 aromatic rings. The van der Waals surface area contributed by atoms with Crippen LogP contribution in [0.4, 0.5) is 4.39 Å². The van der Waals surface area contributed by atoms with Crippen molar-refractivity contribution in [2.24, 2.45) is 5.73 Å². The number of benzene rings is 1. The van der Waals surface area contributed by atoms with E-state index < -0.39 is 0 Å². The summed E-state index contributed by atoms with van der Waals surface area (Å²) < 4.78 is 14.2. The van der Waals surface area contributed by atoms with Crippen LogP contribution in [0.3, 0.4) is 0 Å². The van der Waals surface area contributed by atoms with Gasteiger partial charge in [-0.3, -0.25) is 0 Å². The molecule has 0 unspecified atom stereocenters.